The standard InChI is InChI=1S/C9H15NO2/c1-5-6-7-10(8(11)12)9(2,3)4/h5-7H,1H2,2-4H3,(H,11,12). The third-order valence-electron chi connectivity index (χ3n) is 1.30. The van der Waals surface area contributed by atoms with E-state index in [0.29, 0.717) is 0 Å². The number of amides is 1. The molecule has 1 N–H and O–H groups in total. The van der Waals surface area contributed by atoms with E-state index in [9.17, 15) is 4.79 Å². The Balaban J connectivity index is 4.56. The van der Waals surface area contributed by atoms with Gasteiger partial charge in [-0.05, 0) is 26.8 Å². The molecule has 0 atom stereocenters. The predicted molar refractivity (Wildman–Crippen MR) is 49.0 cm³/mol. The van der Waals surface area contributed by atoms with E-state index in [4.69, 9.17) is 5.11 Å². The summed E-state index contributed by atoms with van der Waals surface area (Å²) < 4.78 is 0. The van der Waals surface area contributed by atoms with Crippen LogP contribution in [0.5, 0.6) is 0 Å². The third kappa shape index (κ3) is 3.23. The second kappa shape index (κ2) is 3.95. The number of hydrogen-bond donors (Lipinski definition) is 1. The Morgan fingerprint density at radius 1 is 1.50 bits per heavy atom. The van der Waals surface area contributed by atoms with Gasteiger partial charge in [0.25, 0.3) is 0 Å². The third-order valence-corrected chi connectivity index (χ3v) is 1.30. The van der Waals surface area contributed by atoms with Crippen LogP contribution in [0.15, 0.2) is 24.9 Å². The summed E-state index contributed by atoms with van der Waals surface area (Å²) in [5.41, 5.74) is -0.411. The van der Waals surface area contributed by atoms with Gasteiger partial charge in [0.1, 0.15) is 0 Å². The van der Waals surface area contributed by atoms with Crippen LogP contribution in [0.1, 0.15) is 20.8 Å². The molecule has 3 nitrogen and oxygen atoms in total. The molecule has 0 unspecified atom stereocenters. The molecule has 0 rings (SSSR count). The molecule has 0 heterocycles. The summed E-state index contributed by atoms with van der Waals surface area (Å²) in [6.45, 7) is 8.95. The first-order valence-corrected chi connectivity index (χ1v) is 3.71. The van der Waals surface area contributed by atoms with Gasteiger partial charge in [-0.3, -0.25) is 4.90 Å². The van der Waals surface area contributed by atoms with Crippen molar-refractivity contribution < 1.29 is 9.90 Å². The zero-order valence-corrected chi connectivity index (χ0v) is 7.74. The zero-order valence-electron chi connectivity index (χ0n) is 7.74. The Kier molecular flexibility index (Phi) is 3.54. The Labute approximate surface area is 73.0 Å². The maximum Gasteiger partial charge on any atom is 0.411 e. The van der Waals surface area contributed by atoms with Gasteiger partial charge in [0, 0.05) is 11.7 Å². The summed E-state index contributed by atoms with van der Waals surface area (Å²) in [5.74, 6) is 0. The van der Waals surface area contributed by atoms with E-state index in [1.165, 1.54) is 11.1 Å². The fourth-order valence-electron chi connectivity index (χ4n) is 0.721. The zero-order chi connectivity index (χ0) is 9.78. The monoisotopic (exact) mass is 169 g/mol. The number of allylic oxidation sites excluding steroid dienone is 2. The topological polar surface area (TPSA) is 40.5 Å². The van der Waals surface area contributed by atoms with Gasteiger partial charge in [0.15, 0.2) is 0 Å². The lowest BCUT2D eigenvalue weighted by Gasteiger charge is -2.29. The highest BCUT2D eigenvalue weighted by atomic mass is 16.4. The molecule has 0 aliphatic rings. The summed E-state index contributed by atoms with van der Waals surface area (Å²) in [6.07, 6.45) is 3.68. The first-order chi connectivity index (χ1) is 5.39. The van der Waals surface area contributed by atoms with Crippen molar-refractivity contribution in [1.29, 1.82) is 0 Å². The molecule has 0 aromatic carbocycles. The molecular weight excluding hydrogens is 154 g/mol. The summed E-state index contributed by atoms with van der Waals surface area (Å²) in [6, 6.07) is 0. The van der Waals surface area contributed by atoms with Crippen LogP contribution >= 0.6 is 0 Å². The molecule has 0 spiro atoms. The molecule has 0 aromatic rings. The van der Waals surface area contributed by atoms with Crippen LogP contribution in [0, 0.1) is 0 Å². The quantitative estimate of drug-likeness (QED) is 0.645. The minimum atomic E-state index is -0.958. The number of hydrogen-bond acceptors (Lipinski definition) is 1. The number of carbonyl (C=O) groups is 1. The summed E-state index contributed by atoms with van der Waals surface area (Å²) in [5, 5.41) is 8.78. The van der Waals surface area contributed by atoms with Crippen LogP contribution in [0.4, 0.5) is 4.79 Å². The summed E-state index contributed by atoms with van der Waals surface area (Å²) in [7, 11) is 0. The second-order valence-corrected chi connectivity index (χ2v) is 3.40. The average Bonchev–Trinajstić information content (AvgIpc) is 1.84. The maximum atomic E-state index is 10.7. The molecule has 68 valence electrons. The fourth-order valence-corrected chi connectivity index (χ4v) is 0.721. The van der Waals surface area contributed by atoms with Crippen molar-refractivity contribution in [2.24, 2.45) is 0 Å². The van der Waals surface area contributed by atoms with E-state index in [1.54, 1.807) is 12.2 Å². The van der Waals surface area contributed by atoms with Crippen LogP contribution < -0.4 is 0 Å². The Bertz CT molecular complexity index is 201. The number of carboxylic acid groups (broad SMARTS) is 1. The maximum absolute atomic E-state index is 10.7. The van der Waals surface area contributed by atoms with Crippen LogP contribution in [-0.2, 0) is 0 Å². The minimum Gasteiger partial charge on any atom is -0.465 e. The summed E-state index contributed by atoms with van der Waals surface area (Å²) in [4.78, 5) is 11.9. The van der Waals surface area contributed by atoms with Crippen molar-refractivity contribution in [3.63, 3.8) is 0 Å². The van der Waals surface area contributed by atoms with Gasteiger partial charge in [-0.2, -0.15) is 0 Å². The molecular formula is C9H15NO2. The van der Waals surface area contributed by atoms with E-state index < -0.39 is 11.6 Å². The molecule has 0 aliphatic heterocycles. The SMILES string of the molecule is C=CC=CN(C(=O)O)C(C)(C)C. The molecule has 0 saturated carbocycles. The van der Waals surface area contributed by atoms with Crippen molar-refractivity contribution in [1.82, 2.24) is 4.90 Å². The molecule has 0 aliphatic carbocycles. The lowest BCUT2D eigenvalue weighted by molar-refractivity contribution is 0.130. The number of nitrogens with zero attached hydrogens (tertiary/aromatic N) is 1. The van der Waals surface area contributed by atoms with E-state index in [1.807, 2.05) is 20.8 Å². The van der Waals surface area contributed by atoms with Crippen molar-refractivity contribution in [2.75, 3.05) is 0 Å². The summed E-state index contributed by atoms with van der Waals surface area (Å²) >= 11 is 0. The second-order valence-electron chi connectivity index (χ2n) is 3.40. The van der Waals surface area contributed by atoms with Crippen molar-refractivity contribution in [2.45, 2.75) is 26.3 Å². The smallest absolute Gasteiger partial charge is 0.411 e. The normalized spacial score (nSPS) is 11.6. The van der Waals surface area contributed by atoms with E-state index in [-0.39, 0.29) is 0 Å². The Morgan fingerprint density at radius 3 is 2.25 bits per heavy atom. The average molecular weight is 169 g/mol. The van der Waals surface area contributed by atoms with Crippen LogP contribution in [0.25, 0.3) is 0 Å². The van der Waals surface area contributed by atoms with E-state index in [2.05, 4.69) is 6.58 Å². The fraction of sp³-hybridized carbons (Fsp3) is 0.444. The van der Waals surface area contributed by atoms with Crippen LogP contribution in [0.2, 0.25) is 0 Å². The van der Waals surface area contributed by atoms with Gasteiger partial charge >= 0.3 is 6.09 Å². The minimum absolute atomic E-state index is 0.411. The number of rotatable bonds is 2. The molecule has 0 aromatic heterocycles. The Hall–Kier alpha value is -1.25. The molecule has 0 radical (unpaired) electrons. The first kappa shape index (κ1) is 10.8. The molecule has 0 bridgehead atoms. The van der Waals surface area contributed by atoms with Gasteiger partial charge in [0.2, 0.25) is 0 Å². The lowest BCUT2D eigenvalue weighted by atomic mass is 10.1. The van der Waals surface area contributed by atoms with Gasteiger partial charge in [-0.1, -0.05) is 12.7 Å². The van der Waals surface area contributed by atoms with E-state index >= 15 is 0 Å². The van der Waals surface area contributed by atoms with Gasteiger partial charge in [-0.25, -0.2) is 4.79 Å². The largest absolute Gasteiger partial charge is 0.465 e. The molecule has 12 heavy (non-hydrogen) atoms. The van der Waals surface area contributed by atoms with Crippen LogP contribution in [0.3, 0.4) is 0 Å². The van der Waals surface area contributed by atoms with E-state index in [0.717, 1.165) is 0 Å². The van der Waals surface area contributed by atoms with Gasteiger partial charge in [-0.15, -0.1) is 0 Å². The van der Waals surface area contributed by atoms with Crippen molar-refractivity contribution >= 4 is 6.09 Å². The van der Waals surface area contributed by atoms with Crippen LogP contribution in [-0.4, -0.2) is 21.6 Å². The highest BCUT2D eigenvalue weighted by Gasteiger charge is 2.23. The highest BCUT2D eigenvalue weighted by molar-refractivity contribution is 5.67. The van der Waals surface area contributed by atoms with Crippen molar-refractivity contribution in [3.05, 3.63) is 24.9 Å². The predicted octanol–water partition coefficient (Wildman–Crippen LogP) is 2.46. The lowest BCUT2D eigenvalue weighted by Crippen LogP contribution is -2.40. The first-order valence-electron chi connectivity index (χ1n) is 3.71. The molecule has 0 saturated heterocycles. The Morgan fingerprint density at radius 2 is 2.00 bits per heavy atom. The van der Waals surface area contributed by atoms with Crippen molar-refractivity contribution in [3.8, 4) is 0 Å². The van der Waals surface area contributed by atoms with Gasteiger partial charge in [0.05, 0.1) is 0 Å². The molecule has 3 heteroatoms. The highest BCUT2D eigenvalue weighted by Crippen LogP contribution is 2.13. The van der Waals surface area contributed by atoms with Gasteiger partial charge < -0.3 is 5.11 Å². The molecule has 1 amide bonds. The molecule has 0 fully saturated rings.